The molecule has 1 unspecified atom stereocenters. The van der Waals surface area contributed by atoms with Gasteiger partial charge in [0.05, 0.1) is 19.7 Å². The highest BCUT2D eigenvalue weighted by Gasteiger charge is 2.29. The van der Waals surface area contributed by atoms with E-state index in [9.17, 15) is 0 Å². The van der Waals surface area contributed by atoms with E-state index in [-0.39, 0.29) is 6.04 Å². The van der Waals surface area contributed by atoms with Crippen LogP contribution in [0.2, 0.25) is 0 Å². The zero-order chi connectivity index (χ0) is 22.5. The summed E-state index contributed by atoms with van der Waals surface area (Å²) in [5.74, 6) is 1.82. The smallest absolute Gasteiger partial charge is 0.168 e. The average molecular weight is 435 g/mol. The van der Waals surface area contributed by atoms with Crippen molar-refractivity contribution in [3.05, 3.63) is 65.0 Å². The predicted molar refractivity (Wildman–Crippen MR) is 127 cm³/mol. The Morgan fingerprint density at radius 2 is 1.75 bits per heavy atom. The molecule has 0 saturated carbocycles. The van der Waals surface area contributed by atoms with Gasteiger partial charge >= 0.3 is 0 Å². The molecule has 1 aliphatic heterocycles. The Morgan fingerprint density at radius 1 is 1.00 bits per heavy atom. The SMILES string of the molecule is CCCC(c1nnnn1Cc1ccc(OC)cc1)N1CCN(c2cccc(C)c2C)CC1. The van der Waals surface area contributed by atoms with Crippen molar-refractivity contribution in [3.8, 4) is 5.75 Å². The first-order valence-electron chi connectivity index (χ1n) is 11.5. The molecule has 0 spiro atoms. The van der Waals surface area contributed by atoms with Crippen molar-refractivity contribution in [2.24, 2.45) is 0 Å². The maximum absolute atomic E-state index is 5.27. The van der Waals surface area contributed by atoms with Crippen LogP contribution in [0, 0.1) is 13.8 Å². The molecule has 4 rings (SSSR count). The van der Waals surface area contributed by atoms with E-state index >= 15 is 0 Å². The van der Waals surface area contributed by atoms with E-state index in [1.165, 1.54) is 16.8 Å². The van der Waals surface area contributed by atoms with Crippen LogP contribution < -0.4 is 9.64 Å². The second-order valence-corrected chi connectivity index (χ2v) is 8.59. The summed E-state index contributed by atoms with van der Waals surface area (Å²) >= 11 is 0. The van der Waals surface area contributed by atoms with Crippen molar-refractivity contribution in [1.82, 2.24) is 25.1 Å². The highest BCUT2D eigenvalue weighted by Crippen LogP contribution is 2.29. The minimum atomic E-state index is 0.231. The quantitative estimate of drug-likeness (QED) is 0.534. The Morgan fingerprint density at radius 3 is 2.44 bits per heavy atom. The van der Waals surface area contributed by atoms with E-state index in [4.69, 9.17) is 4.74 Å². The first-order chi connectivity index (χ1) is 15.6. The van der Waals surface area contributed by atoms with Crippen LogP contribution in [0.25, 0.3) is 0 Å². The van der Waals surface area contributed by atoms with Gasteiger partial charge in [-0.1, -0.05) is 37.6 Å². The van der Waals surface area contributed by atoms with Gasteiger partial charge < -0.3 is 9.64 Å². The average Bonchev–Trinajstić information content (AvgIpc) is 3.28. The lowest BCUT2D eigenvalue weighted by atomic mass is 10.1. The van der Waals surface area contributed by atoms with Crippen molar-refractivity contribution in [1.29, 1.82) is 0 Å². The van der Waals surface area contributed by atoms with Crippen LogP contribution in [-0.2, 0) is 6.54 Å². The number of rotatable bonds is 8. The highest BCUT2D eigenvalue weighted by atomic mass is 16.5. The van der Waals surface area contributed by atoms with Crippen LogP contribution in [-0.4, -0.2) is 58.4 Å². The van der Waals surface area contributed by atoms with Gasteiger partial charge in [-0.2, -0.15) is 0 Å². The molecule has 1 saturated heterocycles. The molecule has 1 aromatic heterocycles. The molecule has 2 heterocycles. The highest BCUT2D eigenvalue weighted by molar-refractivity contribution is 5.56. The minimum absolute atomic E-state index is 0.231. The third-order valence-corrected chi connectivity index (χ3v) is 6.58. The van der Waals surface area contributed by atoms with E-state index in [0.29, 0.717) is 6.54 Å². The van der Waals surface area contributed by atoms with Gasteiger partial charge in [-0.3, -0.25) is 4.90 Å². The second-order valence-electron chi connectivity index (χ2n) is 8.59. The monoisotopic (exact) mass is 434 g/mol. The molecule has 170 valence electrons. The normalized spacial score (nSPS) is 15.7. The summed E-state index contributed by atoms with van der Waals surface area (Å²) in [6.07, 6.45) is 2.14. The lowest BCUT2D eigenvalue weighted by Crippen LogP contribution is -2.48. The number of hydrogen-bond donors (Lipinski definition) is 0. The number of piperazine rings is 1. The Bertz CT molecular complexity index is 1010. The van der Waals surface area contributed by atoms with Gasteiger partial charge in [0.25, 0.3) is 0 Å². The number of ether oxygens (including phenoxy) is 1. The summed E-state index contributed by atoms with van der Waals surface area (Å²) < 4.78 is 7.23. The van der Waals surface area contributed by atoms with Gasteiger partial charge in [-0.05, 0) is 65.6 Å². The molecule has 0 N–H and O–H groups in total. The number of anilines is 1. The zero-order valence-electron chi connectivity index (χ0n) is 19.7. The topological polar surface area (TPSA) is 59.3 Å². The summed E-state index contributed by atoms with van der Waals surface area (Å²) in [7, 11) is 1.68. The molecule has 1 aliphatic rings. The minimum Gasteiger partial charge on any atom is -0.497 e. The third-order valence-electron chi connectivity index (χ3n) is 6.58. The van der Waals surface area contributed by atoms with E-state index < -0.39 is 0 Å². The standard InChI is InChI=1S/C25H34N6O/c1-5-7-24(25-26-27-28-31(25)18-21-10-12-22(32-4)13-11-21)30-16-14-29(15-17-30)23-9-6-8-19(2)20(23)3/h6,8-13,24H,5,7,14-18H2,1-4H3. The summed E-state index contributed by atoms with van der Waals surface area (Å²) in [6, 6.07) is 14.9. The largest absolute Gasteiger partial charge is 0.497 e. The van der Waals surface area contributed by atoms with Crippen molar-refractivity contribution in [2.75, 3.05) is 38.2 Å². The summed E-state index contributed by atoms with van der Waals surface area (Å²) in [4.78, 5) is 5.07. The van der Waals surface area contributed by atoms with Crippen LogP contribution in [0.1, 0.15) is 48.3 Å². The maximum atomic E-state index is 5.27. The fourth-order valence-corrected chi connectivity index (χ4v) is 4.57. The summed E-state index contributed by atoms with van der Waals surface area (Å²) in [5, 5.41) is 12.8. The summed E-state index contributed by atoms with van der Waals surface area (Å²) in [6.45, 7) is 11.4. The Balaban J connectivity index is 1.48. The lowest BCUT2D eigenvalue weighted by Gasteiger charge is -2.40. The lowest BCUT2D eigenvalue weighted by molar-refractivity contribution is 0.164. The molecule has 7 heteroatoms. The Kier molecular flexibility index (Phi) is 7.05. The number of aryl methyl sites for hydroxylation is 1. The molecule has 32 heavy (non-hydrogen) atoms. The van der Waals surface area contributed by atoms with Gasteiger partial charge in [-0.15, -0.1) is 5.10 Å². The van der Waals surface area contributed by atoms with Gasteiger partial charge in [-0.25, -0.2) is 4.68 Å². The molecule has 0 amide bonds. The first-order valence-corrected chi connectivity index (χ1v) is 11.5. The van der Waals surface area contributed by atoms with Crippen LogP contribution in [0.5, 0.6) is 5.75 Å². The van der Waals surface area contributed by atoms with Crippen LogP contribution >= 0.6 is 0 Å². The predicted octanol–water partition coefficient (Wildman–Crippen LogP) is 4.01. The fraction of sp³-hybridized carbons (Fsp3) is 0.480. The number of hydrogen-bond acceptors (Lipinski definition) is 6. The molecule has 0 aliphatic carbocycles. The van der Waals surface area contributed by atoms with E-state index in [1.807, 2.05) is 16.8 Å². The number of methoxy groups -OCH3 is 1. The van der Waals surface area contributed by atoms with Gasteiger partial charge in [0.2, 0.25) is 0 Å². The van der Waals surface area contributed by atoms with Crippen molar-refractivity contribution in [3.63, 3.8) is 0 Å². The number of benzene rings is 2. The molecular formula is C25H34N6O. The molecule has 0 bridgehead atoms. The molecular weight excluding hydrogens is 400 g/mol. The fourth-order valence-electron chi connectivity index (χ4n) is 4.57. The van der Waals surface area contributed by atoms with Crippen LogP contribution in [0.4, 0.5) is 5.69 Å². The van der Waals surface area contributed by atoms with E-state index in [2.05, 4.69) is 76.4 Å². The number of tetrazole rings is 1. The molecule has 2 aromatic carbocycles. The Hall–Kier alpha value is -2.93. The van der Waals surface area contributed by atoms with Gasteiger partial charge in [0.15, 0.2) is 5.82 Å². The zero-order valence-corrected chi connectivity index (χ0v) is 19.7. The van der Waals surface area contributed by atoms with E-state index in [0.717, 1.165) is 56.2 Å². The first kappa shape index (κ1) is 22.3. The van der Waals surface area contributed by atoms with Gasteiger partial charge in [0.1, 0.15) is 5.75 Å². The summed E-state index contributed by atoms with van der Waals surface area (Å²) in [5.41, 5.74) is 5.26. The number of aromatic nitrogens is 4. The molecule has 3 aromatic rings. The van der Waals surface area contributed by atoms with Crippen LogP contribution in [0.15, 0.2) is 42.5 Å². The van der Waals surface area contributed by atoms with Crippen molar-refractivity contribution < 1.29 is 4.74 Å². The Labute approximate surface area is 191 Å². The molecule has 1 fully saturated rings. The van der Waals surface area contributed by atoms with Crippen LogP contribution in [0.3, 0.4) is 0 Å². The van der Waals surface area contributed by atoms with Crippen molar-refractivity contribution in [2.45, 2.75) is 46.2 Å². The number of nitrogens with zero attached hydrogens (tertiary/aromatic N) is 6. The second kappa shape index (κ2) is 10.1. The van der Waals surface area contributed by atoms with Crippen molar-refractivity contribution >= 4 is 5.69 Å². The third kappa shape index (κ3) is 4.78. The van der Waals surface area contributed by atoms with E-state index in [1.54, 1.807) is 7.11 Å². The molecule has 0 radical (unpaired) electrons. The molecule has 7 nitrogen and oxygen atoms in total. The maximum Gasteiger partial charge on any atom is 0.168 e. The molecule has 1 atom stereocenters. The van der Waals surface area contributed by atoms with Gasteiger partial charge in [0, 0.05) is 31.9 Å².